The van der Waals surface area contributed by atoms with Crippen LogP contribution in [0.1, 0.15) is 20.8 Å². The van der Waals surface area contributed by atoms with Crippen molar-refractivity contribution in [3.8, 4) is 0 Å². The minimum Gasteiger partial charge on any atom is -0.368 e. The molecule has 7 nitrogen and oxygen atoms in total. The van der Waals surface area contributed by atoms with Crippen LogP contribution in [0.25, 0.3) is 0 Å². The highest BCUT2D eigenvalue weighted by Crippen LogP contribution is 2.12. The molecule has 128 valence electrons. The SMILES string of the molecule is CC.CC(=O)NC(CN1CCN(c2ccccn2)CC1)C(N)=O. The van der Waals surface area contributed by atoms with Gasteiger partial charge in [-0.05, 0) is 12.1 Å². The third-order valence-corrected chi connectivity index (χ3v) is 3.51. The maximum atomic E-state index is 11.4. The van der Waals surface area contributed by atoms with E-state index in [1.54, 1.807) is 6.20 Å². The Balaban J connectivity index is 0.00000127. The first-order chi connectivity index (χ1) is 11.1. The highest BCUT2D eigenvalue weighted by Gasteiger charge is 2.23. The number of carbonyl (C=O) groups excluding carboxylic acids is 2. The Morgan fingerprint density at radius 2 is 1.91 bits per heavy atom. The smallest absolute Gasteiger partial charge is 0.241 e. The Kier molecular flexibility index (Phi) is 8.04. The third kappa shape index (κ3) is 6.23. The van der Waals surface area contributed by atoms with Gasteiger partial charge in [0, 0.05) is 45.8 Å². The molecule has 3 N–H and O–H groups in total. The van der Waals surface area contributed by atoms with Crippen molar-refractivity contribution in [2.24, 2.45) is 5.73 Å². The van der Waals surface area contributed by atoms with E-state index in [2.05, 4.69) is 20.1 Å². The van der Waals surface area contributed by atoms with E-state index >= 15 is 0 Å². The lowest BCUT2D eigenvalue weighted by atomic mass is 10.2. The number of carbonyl (C=O) groups is 2. The van der Waals surface area contributed by atoms with Gasteiger partial charge in [0.1, 0.15) is 11.9 Å². The topological polar surface area (TPSA) is 91.6 Å². The number of aromatic nitrogens is 1. The summed E-state index contributed by atoms with van der Waals surface area (Å²) in [5.41, 5.74) is 5.32. The quantitative estimate of drug-likeness (QED) is 0.809. The van der Waals surface area contributed by atoms with Crippen LogP contribution in [0.3, 0.4) is 0 Å². The maximum Gasteiger partial charge on any atom is 0.241 e. The molecule has 1 aliphatic heterocycles. The molecule has 0 saturated carbocycles. The fourth-order valence-corrected chi connectivity index (χ4v) is 2.41. The van der Waals surface area contributed by atoms with E-state index < -0.39 is 11.9 Å². The van der Waals surface area contributed by atoms with Crippen molar-refractivity contribution in [1.29, 1.82) is 0 Å². The van der Waals surface area contributed by atoms with Crippen LogP contribution in [0.4, 0.5) is 5.82 Å². The number of nitrogens with two attached hydrogens (primary N) is 1. The van der Waals surface area contributed by atoms with Gasteiger partial charge in [-0.15, -0.1) is 0 Å². The zero-order chi connectivity index (χ0) is 17.2. The van der Waals surface area contributed by atoms with Crippen LogP contribution in [0.15, 0.2) is 24.4 Å². The molecule has 1 aromatic rings. The van der Waals surface area contributed by atoms with Crippen LogP contribution in [0, 0.1) is 0 Å². The molecule has 1 saturated heterocycles. The van der Waals surface area contributed by atoms with Gasteiger partial charge in [0.15, 0.2) is 0 Å². The molecule has 1 unspecified atom stereocenters. The standard InChI is InChI=1S/C14H21N5O2.C2H6/c1-11(20)17-12(14(15)21)10-18-6-8-19(9-7-18)13-4-2-3-5-16-13;1-2/h2-5,12H,6-10H2,1H3,(H2,15,21)(H,17,20);1-2H3. The number of pyridine rings is 1. The van der Waals surface area contributed by atoms with Crippen LogP contribution in [0.2, 0.25) is 0 Å². The summed E-state index contributed by atoms with van der Waals surface area (Å²) in [5, 5.41) is 2.59. The molecule has 2 amide bonds. The van der Waals surface area contributed by atoms with Gasteiger partial charge in [0.05, 0.1) is 0 Å². The number of nitrogens with one attached hydrogen (secondary N) is 1. The van der Waals surface area contributed by atoms with E-state index in [-0.39, 0.29) is 5.91 Å². The molecule has 1 atom stereocenters. The molecule has 1 aromatic heterocycles. The minimum atomic E-state index is -0.635. The number of primary amides is 1. The highest BCUT2D eigenvalue weighted by atomic mass is 16.2. The number of amides is 2. The zero-order valence-corrected chi connectivity index (χ0v) is 14.2. The van der Waals surface area contributed by atoms with Crippen molar-refractivity contribution in [2.45, 2.75) is 26.8 Å². The summed E-state index contributed by atoms with van der Waals surface area (Å²) < 4.78 is 0. The Bertz CT molecular complexity index is 487. The van der Waals surface area contributed by atoms with Crippen LogP contribution in [-0.4, -0.2) is 60.5 Å². The van der Waals surface area contributed by atoms with E-state index in [0.717, 1.165) is 32.0 Å². The molecule has 0 bridgehead atoms. The summed E-state index contributed by atoms with van der Waals surface area (Å²) in [4.78, 5) is 31.1. The van der Waals surface area contributed by atoms with Gasteiger partial charge in [-0.25, -0.2) is 4.98 Å². The first-order valence-corrected chi connectivity index (χ1v) is 8.01. The van der Waals surface area contributed by atoms with Crippen LogP contribution < -0.4 is 16.0 Å². The van der Waals surface area contributed by atoms with Crippen molar-refractivity contribution >= 4 is 17.6 Å². The Morgan fingerprint density at radius 1 is 1.26 bits per heavy atom. The predicted octanol–water partition coefficient (Wildman–Crippen LogP) is 0.220. The molecular weight excluding hydrogens is 294 g/mol. The Labute approximate surface area is 137 Å². The van der Waals surface area contributed by atoms with Crippen molar-refractivity contribution in [3.05, 3.63) is 24.4 Å². The number of hydrogen-bond acceptors (Lipinski definition) is 5. The molecule has 23 heavy (non-hydrogen) atoms. The molecule has 1 aliphatic rings. The predicted molar refractivity (Wildman–Crippen MR) is 91.0 cm³/mol. The normalized spacial score (nSPS) is 16.0. The Hall–Kier alpha value is -2.15. The largest absolute Gasteiger partial charge is 0.368 e. The van der Waals surface area contributed by atoms with Gasteiger partial charge >= 0.3 is 0 Å². The molecule has 0 aromatic carbocycles. The summed E-state index contributed by atoms with van der Waals surface area (Å²) in [6.45, 7) is 9.12. The van der Waals surface area contributed by atoms with E-state index in [0.29, 0.717) is 6.54 Å². The third-order valence-electron chi connectivity index (χ3n) is 3.51. The highest BCUT2D eigenvalue weighted by molar-refractivity contribution is 5.85. The monoisotopic (exact) mass is 321 g/mol. The number of anilines is 1. The molecular formula is C16H27N5O2. The maximum absolute atomic E-state index is 11.4. The molecule has 1 fully saturated rings. The number of piperazine rings is 1. The molecule has 2 heterocycles. The van der Waals surface area contributed by atoms with Gasteiger partial charge < -0.3 is 16.0 Å². The fourth-order valence-electron chi connectivity index (χ4n) is 2.41. The van der Waals surface area contributed by atoms with Crippen molar-refractivity contribution in [2.75, 3.05) is 37.6 Å². The van der Waals surface area contributed by atoms with Crippen LogP contribution >= 0.6 is 0 Å². The van der Waals surface area contributed by atoms with E-state index in [1.807, 2.05) is 32.0 Å². The second-order valence-corrected chi connectivity index (χ2v) is 5.13. The first kappa shape index (κ1) is 18.9. The number of nitrogens with zero attached hydrogens (tertiary/aromatic N) is 3. The van der Waals surface area contributed by atoms with Crippen molar-refractivity contribution in [1.82, 2.24) is 15.2 Å². The van der Waals surface area contributed by atoms with Gasteiger partial charge in [0.2, 0.25) is 11.8 Å². The fraction of sp³-hybridized carbons (Fsp3) is 0.562. The summed E-state index contributed by atoms with van der Waals surface area (Å²) in [5.74, 6) is 0.216. The van der Waals surface area contributed by atoms with E-state index in [1.165, 1.54) is 6.92 Å². The Morgan fingerprint density at radius 3 is 2.39 bits per heavy atom. The molecule has 2 rings (SSSR count). The number of rotatable bonds is 5. The summed E-state index contributed by atoms with van der Waals surface area (Å²) in [7, 11) is 0. The van der Waals surface area contributed by atoms with Gasteiger partial charge in [-0.1, -0.05) is 19.9 Å². The average Bonchev–Trinajstić information content (AvgIpc) is 2.57. The average molecular weight is 321 g/mol. The van der Waals surface area contributed by atoms with Crippen molar-refractivity contribution < 1.29 is 9.59 Å². The van der Waals surface area contributed by atoms with Gasteiger partial charge in [0.25, 0.3) is 0 Å². The van der Waals surface area contributed by atoms with Crippen LogP contribution in [-0.2, 0) is 9.59 Å². The molecule has 0 spiro atoms. The van der Waals surface area contributed by atoms with Gasteiger partial charge in [-0.3, -0.25) is 14.5 Å². The zero-order valence-electron chi connectivity index (χ0n) is 14.2. The van der Waals surface area contributed by atoms with E-state index in [9.17, 15) is 9.59 Å². The lowest BCUT2D eigenvalue weighted by molar-refractivity contribution is -0.126. The van der Waals surface area contributed by atoms with Crippen molar-refractivity contribution in [3.63, 3.8) is 0 Å². The molecule has 7 heteroatoms. The first-order valence-electron chi connectivity index (χ1n) is 8.01. The molecule has 0 aliphatic carbocycles. The summed E-state index contributed by atoms with van der Waals surface area (Å²) in [6.07, 6.45) is 1.78. The summed E-state index contributed by atoms with van der Waals surface area (Å²) in [6, 6.07) is 5.21. The van der Waals surface area contributed by atoms with Gasteiger partial charge in [-0.2, -0.15) is 0 Å². The lowest BCUT2D eigenvalue weighted by Crippen LogP contribution is -2.55. The second kappa shape index (κ2) is 9.78. The minimum absolute atomic E-state index is 0.245. The molecule has 0 radical (unpaired) electrons. The van der Waals surface area contributed by atoms with Crippen LogP contribution in [0.5, 0.6) is 0 Å². The second-order valence-electron chi connectivity index (χ2n) is 5.13. The number of hydrogen-bond donors (Lipinski definition) is 2. The lowest BCUT2D eigenvalue weighted by Gasteiger charge is -2.36. The summed E-state index contributed by atoms with van der Waals surface area (Å²) >= 11 is 0. The van der Waals surface area contributed by atoms with E-state index in [4.69, 9.17) is 5.73 Å².